The lowest BCUT2D eigenvalue weighted by Gasteiger charge is -2.35. The second-order valence-electron chi connectivity index (χ2n) is 10.9. The molecule has 0 saturated carbocycles. The quantitative estimate of drug-likeness (QED) is 0.362. The third-order valence-electron chi connectivity index (χ3n) is 5.15. The zero-order chi connectivity index (χ0) is 23.6. The van der Waals surface area contributed by atoms with E-state index >= 15 is 0 Å². The Kier molecular flexibility index (Phi) is 12.6. The fourth-order valence-corrected chi connectivity index (χ4v) is 2.94. The summed E-state index contributed by atoms with van der Waals surface area (Å²) in [5.74, 6) is 0. The van der Waals surface area contributed by atoms with E-state index in [1.165, 1.54) is 0 Å². The van der Waals surface area contributed by atoms with Gasteiger partial charge in [0.2, 0.25) is 0 Å². The number of hydrogen-bond donors (Lipinski definition) is 2. The van der Waals surface area contributed by atoms with Gasteiger partial charge in [-0.3, -0.25) is 0 Å². The zero-order valence-corrected chi connectivity index (χ0v) is 21.3. The molecule has 7 nitrogen and oxygen atoms in total. The normalized spacial score (nSPS) is 16.0. The molecular weight excluding hydrogens is 384 g/mol. The summed E-state index contributed by atoms with van der Waals surface area (Å²) in [6, 6.07) is 0. The lowest BCUT2D eigenvalue weighted by Crippen LogP contribution is -2.45. The summed E-state index contributed by atoms with van der Waals surface area (Å²) < 4.78 is 29.3. The fraction of sp³-hybridized carbons (Fsp3) is 1.00. The summed E-state index contributed by atoms with van der Waals surface area (Å²) in [6.07, 6.45) is 2.02. The third-order valence-corrected chi connectivity index (χ3v) is 5.15. The zero-order valence-electron chi connectivity index (χ0n) is 21.3. The minimum absolute atomic E-state index is 0.0783. The van der Waals surface area contributed by atoms with E-state index in [4.69, 9.17) is 35.2 Å². The molecule has 0 aromatic carbocycles. The summed E-state index contributed by atoms with van der Waals surface area (Å²) in [4.78, 5) is 0. The van der Waals surface area contributed by atoms with Gasteiger partial charge in [-0.15, -0.1) is 0 Å². The van der Waals surface area contributed by atoms with Crippen LogP contribution >= 0.6 is 0 Å². The summed E-state index contributed by atoms with van der Waals surface area (Å²) in [5.41, 5.74) is 10.8. The summed E-state index contributed by atoms with van der Waals surface area (Å²) in [6.45, 7) is 18.2. The van der Waals surface area contributed by atoms with E-state index in [1.807, 2.05) is 41.5 Å². The highest BCUT2D eigenvalue weighted by molar-refractivity contribution is 4.82. The third kappa shape index (κ3) is 14.7. The molecule has 0 rings (SSSR count). The Balaban J connectivity index is 4.50. The van der Waals surface area contributed by atoms with Gasteiger partial charge in [0.1, 0.15) is 6.10 Å². The molecule has 0 aliphatic carbocycles. The Morgan fingerprint density at radius 3 is 1.63 bits per heavy atom. The van der Waals surface area contributed by atoms with Gasteiger partial charge >= 0.3 is 0 Å². The van der Waals surface area contributed by atoms with Crippen LogP contribution in [-0.4, -0.2) is 75.1 Å². The molecule has 7 heteroatoms. The highest BCUT2D eigenvalue weighted by Crippen LogP contribution is 2.22. The molecule has 2 atom stereocenters. The van der Waals surface area contributed by atoms with Gasteiger partial charge in [-0.25, -0.2) is 0 Å². The van der Waals surface area contributed by atoms with Crippen molar-refractivity contribution < 1.29 is 23.7 Å². The maximum atomic E-state index is 6.05. The first-order chi connectivity index (χ1) is 13.5. The molecular formula is C23H50N2O5. The lowest BCUT2D eigenvalue weighted by molar-refractivity contribution is -0.147. The van der Waals surface area contributed by atoms with Crippen LogP contribution in [0.4, 0.5) is 0 Å². The first-order valence-corrected chi connectivity index (χ1v) is 11.0. The first-order valence-electron chi connectivity index (χ1n) is 11.0. The smallest absolute Gasteiger partial charge is 0.109 e. The van der Waals surface area contributed by atoms with Crippen molar-refractivity contribution in [2.75, 3.05) is 40.6 Å². The Hall–Kier alpha value is -0.280. The van der Waals surface area contributed by atoms with E-state index in [-0.39, 0.29) is 28.9 Å². The highest BCUT2D eigenvalue weighted by Gasteiger charge is 2.32. The molecule has 0 bridgehead atoms. The van der Waals surface area contributed by atoms with Gasteiger partial charge in [-0.1, -0.05) is 0 Å². The predicted octanol–water partition coefficient (Wildman–Crippen LogP) is 3.27. The number of methoxy groups -OCH3 is 2. The van der Waals surface area contributed by atoms with Crippen LogP contribution < -0.4 is 11.5 Å². The van der Waals surface area contributed by atoms with Crippen LogP contribution in [0, 0.1) is 0 Å². The molecule has 182 valence electrons. The first kappa shape index (κ1) is 29.7. The molecule has 30 heavy (non-hydrogen) atoms. The van der Waals surface area contributed by atoms with E-state index in [0.29, 0.717) is 26.4 Å². The van der Waals surface area contributed by atoms with Crippen molar-refractivity contribution in [3.8, 4) is 0 Å². The molecule has 0 aliphatic heterocycles. The van der Waals surface area contributed by atoms with Crippen molar-refractivity contribution in [2.45, 2.75) is 109 Å². The largest absolute Gasteiger partial charge is 0.379 e. The van der Waals surface area contributed by atoms with Crippen molar-refractivity contribution in [2.24, 2.45) is 11.5 Å². The molecule has 0 aromatic rings. The van der Waals surface area contributed by atoms with Crippen molar-refractivity contribution in [3.05, 3.63) is 0 Å². The van der Waals surface area contributed by atoms with E-state index in [0.717, 1.165) is 19.3 Å². The average Bonchev–Trinajstić information content (AvgIpc) is 2.54. The van der Waals surface area contributed by atoms with Gasteiger partial charge in [0.15, 0.2) is 0 Å². The van der Waals surface area contributed by atoms with Crippen LogP contribution in [0.1, 0.15) is 74.7 Å². The molecule has 0 aromatic heterocycles. The van der Waals surface area contributed by atoms with Crippen LogP contribution in [0.25, 0.3) is 0 Å². The minimum atomic E-state index is -0.486. The van der Waals surface area contributed by atoms with Gasteiger partial charge in [-0.2, -0.15) is 0 Å². The van der Waals surface area contributed by atoms with Crippen molar-refractivity contribution >= 4 is 0 Å². The molecule has 0 heterocycles. The fourth-order valence-electron chi connectivity index (χ4n) is 2.94. The summed E-state index contributed by atoms with van der Waals surface area (Å²) >= 11 is 0. The number of ether oxygens (including phenoxy) is 5. The minimum Gasteiger partial charge on any atom is -0.379 e. The SMILES string of the molecule is COC(COCC(OC)C(C)(C)OCCC(C)(C)N)CC(C)(C)OCCC(C)(C)N. The summed E-state index contributed by atoms with van der Waals surface area (Å²) in [7, 11) is 3.37. The van der Waals surface area contributed by atoms with Crippen LogP contribution in [0.15, 0.2) is 0 Å². The second kappa shape index (κ2) is 12.7. The van der Waals surface area contributed by atoms with E-state index in [9.17, 15) is 0 Å². The van der Waals surface area contributed by atoms with Gasteiger partial charge in [0.25, 0.3) is 0 Å². The molecule has 0 aliphatic rings. The molecule has 0 amide bonds. The molecule has 0 radical (unpaired) electrons. The Labute approximate surface area is 185 Å². The van der Waals surface area contributed by atoms with Crippen molar-refractivity contribution in [1.29, 1.82) is 0 Å². The van der Waals surface area contributed by atoms with Crippen LogP contribution in [0.5, 0.6) is 0 Å². The summed E-state index contributed by atoms with van der Waals surface area (Å²) in [5, 5.41) is 0. The van der Waals surface area contributed by atoms with Crippen molar-refractivity contribution in [3.63, 3.8) is 0 Å². The Morgan fingerprint density at radius 2 is 1.20 bits per heavy atom. The number of hydrogen-bond acceptors (Lipinski definition) is 7. The molecule has 0 spiro atoms. The van der Waals surface area contributed by atoms with Gasteiger partial charge < -0.3 is 35.2 Å². The molecule has 2 unspecified atom stereocenters. The van der Waals surface area contributed by atoms with E-state index < -0.39 is 5.60 Å². The Bertz CT molecular complexity index is 455. The van der Waals surface area contributed by atoms with Gasteiger partial charge in [0.05, 0.1) is 30.5 Å². The van der Waals surface area contributed by atoms with Crippen LogP contribution in [0.3, 0.4) is 0 Å². The highest BCUT2D eigenvalue weighted by atomic mass is 16.6. The second-order valence-corrected chi connectivity index (χ2v) is 10.9. The van der Waals surface area contributed by atoms with E-state index in [1.54, 1.807) is 14.2 Å². The monoisotopic (exact) mass is 434 g/mol. The molecule has 4 N–H and O–H groups in total. The predicted molar refractivity (Wildman–Crippen MR) is 123 cm³/mol. The number of rotatable bonds is 17. The topological polar surface area (TPSA) is 98.2 Å². The standard InChI is InChI=1S/C23H50N2O5/c1-20(2,24)11-13-29-22(5,6)15-18(26-9)16-28-17-19(27-10)23(7,8)30-14-12-21(3,4)25/h18-19H,11-17,24-25H2,1-10H3. The van der Waals surface area contributed by atoms with Crippen LogP contribution in [0.2, 0.25) is 0 Å². The van der Waals surface area contributed by atoms with Crippen LogP contribution in [-0.2, 0) is 23.7 Å². The maximum absolute atomic E-state index is 6.05. The average molecular weight is 435 g/mol. The lowest BCUT2D eigenvalue weighted by atomic mass is 9.99. The molecule has 0 saturated heterocycles. The Morgan fingerprint density at radius 1 is 0.700 bits per heavy atom. The van der Waals surface area contributed by atoms with Crippen molar-refractivity contribution in [1.82, 2.24) is 0 Å². The van der Waals surface area contributed by atoms with Gasteiger partial charge in [-0.05, 0) is 68.2 Å². The molecule has 0 fully saturated rings. The maximum Gasteiger partial charge on any atom is 0.109 e. The number of nitrogens with two attached hydrogens (primary N) is 2. The van der Waals surface area contributed by atoms with E-state index in [2.05, 4.69) is 13.8 Å². The van der Waals surface area contributed by atoms with Gasteiger partial charge in [0, 0.05) is 44.9 Å².